The van der Waals surface area contributed by atoms with Crippen LogP contribution < -0.4 is 0 Å². The van der Waals surface area contributed by atoms with Crippen molar-refractivity contribution >= 4 is 0 Å². The van der Waals surface area contributed by atoms with Gasteiger partial charge in [0.15, 0.2) is 0 Å². The first-order valence-corrected chi connectivity index (χ1v) is 9.35. The van der Waals surface area contributed by atoms with Gasteiger partial charge in [0.2, 0.25) is 0 Å². The fourth-order valence-electron chi connectivity index (χ4n) is 4.14. The van der Waals surface area contributed by atoms with E-state index in [0.717, 1.165) is 25.0 Å². The summed E-state index contributed by atoms with van der Waals surface area (Å²) in [6, 6.07) is 0. The third kappa shape index (κ3) is 5.25. The Balaban J connectivity index is 1.61. The van der Waals surface area contributed by atoms with Crippen LogP contribution >= 0.6 is 0 Å². The maximum Gasteiger partial charge on any atom is 0.0597 e. The van der Waals surface area contributed by atoms with Crippen LogP contribution in [-0.4, -0.2) is 37.2 Å². The Morgan fingerprint density at radius 2 is 1.81 bits per heavy atom. The molecule has 21 heavy (non-hydrogen) atoms. The quantitative estimate of drug-likeness (QED) is 0.702. The van der Waals surface area contributed by atoms with Gasteiger partial charge in [-0.05, 0) is 62.3 Å². The van der Waals surface area contributed by atoms with E-state index in [-0.39, 0.29) is 0 Å². The Morgan fingerprint density at radius 3 is 2.43 bits per heavy atom. The molecule has 0 aromatic rings. The fourth-order valence-corrected chi connectivity index (χ4v) is 4.14. The molecule has 0 aromatic carbocycles. The number of piperidine rings is 1. The van der Waals surface area contributed by atoms with Crippen LogP contribution in [0, 0.1) is 17.3 Å². The predicted molar refractivity (Wildman–Crippen MR) is 90.6 cm³/mol. The van der Waals surface area contributed by atoms with Crippen molar-refractivity contribution in [3.8, 4) is 0 Å². The van der Waals surface area contributed by atoms with Crippen LogP contribution in [0.1, 0.15) is 72.6 Å². The number of rotatable bonds is 6. The molecule has 2 nitrogen and oxygen atoms in total. The molecule has 0 aromatic heterocycles. The molecule has 0 amide bonds. The van der Waals surface area contributed by atoms with E-state index in [2.05, 4.69) is 32.6 Å². The molecule has 1 aliphatic carbocycles. The minimum absolute atomic E-state index is 0.523. The summed E-state index contributed by atoms with van der Waals surface area (Å²) >= 11 is 0. The average molecular weight is 296 g/mol. The van der Waals surface area contributed by atoms with Gasteiger partial charge >= 0.3 is 0 Å². The van der Waals surface area contributed by atoms with E-state index in [9.17, 15) is 0 Å². The molecule has 1 saturated heterocycles. The van der Waals surface area contributed by atoms with E-state index in [4.69, 9.17) is 4.74 Å². The summed E-state index contributed by atoms with van der Waals surface area (Å²) in [5.74, 6) is 1.79. The van der Waals surface area contributed by atoms with Crippen LogP contribution in [-0.2, 0) is 4.74 Å². The standard InChI is InChI=1S/C19H37NO/c1-5-19(3,4)17-8-10-18(11-9-17)21-14-13-20-12-6-7-16(2)15-20/h16-18H,5-15H2,1-4H3. The maximum atomic E-state index is 6.17. The molecular formula is C19H37NO. The third-order valence-electron chi connectivity index (χ3n) is 6.19. The smallest absolute Gasteiger partial charge is 0.0597 e. The topological polar surface area (TPSA) is 12.5 Å². The van der Waals surface area contributed by atoms with Gasteiger partial charge in [-0.15, -0.1) is 0 Å². The van der Waals surface area contributed by atoms with E-state index >= 15 is 0 Å². The molecule has 2 fully saturated rings. The molecule has 0 radical (unpaired) electrons. The van der Waals surface area contributed by atoms with Gasteiger partial charge in [0.1, 0.15) is 0 Å². The molecule has 0 bridgehead atoms. The average Bonchev–Trinajstić information content (AvgIpc) is 2.48. The highest BCUT2D eigenvalue weighted by Crippen LogP contribution is 2.40. The van der Waals surface area contributed by atoms with Gasteiger partial charge in [-0.3, -0.25) is 0 Å². The molecule has 1 aliphatic heterocycles. The second-order valence-electron chi connectivity index (χ2n) is 8.23. The van der Waals surface area contributed by atoms with Crippen molar-refractivity contribution in [2.24, 2.45) is 17.3 Å². The van der Waals surface area contributed by atoms with Crippen LogP contribution in [0.2, 0.25) is 0 Å². The zero-order chi connectivity index (χ0) is 15.3. The van der Waals surface area contributed by atoms with Gasteiger partial charge in [0.25, 0.3) is 0 Å². The predicted octanol–water partition coefficient (Wildman–Crippen LogP) is 4.73. The molecule has 1 atom stereocenters. The van der Waals surface area contributed by atoms with Gasteiger partial charge in [0.05, 0.1) is 12.7 Å². The van der Waals surface area contributed by atoms with E-state index in [1.165, 1.54) is 58.0 Å². The summed E-state index contributed by atoms with van der Waals surface area (Å²) in [7, 11) is 0. The van der Waals surface area contributed by atoms with Crippen LogP contribution in [0.4, 0.5) is 0 Å². The number of ether oxygens (including phenoxy) is 1. The SMILES string of the molecule is CCC(C)(C)C1CCC(OCCN2CCCC(C)C2)CC1. The van der Waals surface area contributed by atoms with Crippen molar-refractivity contribution in [3.63, 3.8) is 0 Å². The Hall–Kier alpha value is -0.0800. The van der Waals surface area contributed by atoms with Crippen LogP contribution in [0.3, 0.4) is 0 Å². The highest BCUT2D eigenvalue weighted by Gasteiger charge is 2.32. The summed E-state index contributed by atoms with van der Waals surface area (Å²) in [6.45, 7) is 14.2. The molecule has 2 rings (SSSR count). The van der Waals surface area contributed by atoms with Crippen molar-refractivity contribution in [1.29, 1.82) is 0 Å². The Labute approximate surface area is 132 Å². The minimum atomic E-state index is 0.523. The number of nitrogens with zero attached hydrogens (tertiary/aromatic N) is 1. The minimum Gasteiger partial charge on any atom is -0.377 e. The first kappa shape index (κ1) is 17.3. The summed E-state index contributed by atoms with van der Waals surface area (Å²) in [6.07, 6.45) is 9.92. The lowest BCUT2D eigenvalue weighted by Crippen LogP contribution is -2.37. The van der Waals surface area contributed by atoms with Crippen LogP contribution in [0.15, 0.2) is 0 Å². The molecular weight excluding hydrogens is 258 g/mol. The van der Waals surface area contributed by atoms with Gasteiger partial charge in [-0.1, -0.05) is 34.1 Å². The number of likely N-dealkylation sites (tertiary alicyclic amines) is 1. The highest BCUT2D eigenvalue weighted by molar-refractivity contribution is 4.83. The van der Waals surface area contributed by atoms with Crippen LogP contribution in [0.5, 0.6) is 0 Å². The molecule has 2 aliphatic rings. The first-order valence-electron chi connectivity index (χ1n) is 9.35. The summed E-state index contributed by atoms with van der Waals surface area (Å²) in [4.78, 5) is 2.60. The van der Waals surface area contributed by atoms with Gasteiger partial charge in [0, 0.05) is 13.1 Å². The fraction of sp³-hybridized carbons (Fsp3) is 1.00. The second kappa shape index (κ2) is 7.97. The molecule has 1 saturated carbocycles. The van der Waals surface area contributed by atoms with E-state index in [0.29, 0.717) is 11.5 Å². The zero-order valence-corrected chi connectivity index (χ0v) is 14.9. The van der Waals surface area contributed by atoms with Gasteiger partial charge in [-0.2, -0.15) is 0 Å². The largest absolute Gasteiger partial charge is 0.377 e. The van der Waals surface area contributed by atoms with Crippen molar-refractivity contribution in [3.05, 3.63) is 0 Å². The highest BCUT2D eigenvalue weighted by atomic mass is 16.5. The van der Waals surface area contributed by atoms with E-state index in [1.54, 1.807) is 0 Å². The van der Waals surface area contributed by atoms with Crippen LogP contribution in [0.25, 0.3) is 0 Å². The number of hydrogen-bond acceptors (Lipinski definition) is 2. The molecule has 2 heteroatoms. The van der Waals surface area contributed by atoms with Crippen molar-refractivity contribution < 1.29 is 4.74 Å². The zero-order valence-electron chi connectivity index (χ0n) is 14.9. The first-order chi connectivity index (χ1) is 10.0. The lowest BCUT2D eigenvalue weighted by atomic mass is 9.69. The molecule has 0 N–H and O–H groups in total. The Kier molecular flexibility index (Phi) is 6.55. The molecule has 0 spiro atoms. The van der Waals surface area contributed by atoms with Gasteiger partial charge in [-0.25, -0.2) is 0 Å². The van der Waals surface area contributed by atoms with Crippen molar-refractivity contribution in [2.45, 2.75) is 78.7 Å². The second-order valence-corrected chi connectivity index (χ2v) is 8.23. The van der Waals surface area contributed by atoms with Crippen molar-refractivity contribution in [1.82, 2.24) is 4.90 Å². The van der Waals surface area contributed by atoms with E-state index < -0.39 is 0 Å². The maximum absolute atomic E-state index is 6.17. The van der Waals surface area contributed by atoms with Gasteiger partial charge < -0.3 is 9.64 Å². The molecule has 124 valence electrons. The Bertz CT molecular complexity index is 294. The number of hydrogen-bond donors (Lipinski definition) is 0. The summed E-state index contributed by atoms with van der Waals surface area (Å²) in [5.41, 5.74) is 0.523. The van der Waals surface area contributed by atoms with E-state index in [1.807, 2.05) is 0 Å². The molecule has 1 heterocycles. The Morgan fingerprint density at radius 1 is 1.10 bits per heavy atom. The molecule has 1 unspecified atom stereocenters. The normalized spacial score (nSPS) is 32.3. The lowest BCUT2D eigenvalue weighted by molar-refractivity contribution is -0.0105. The summed E-state index contributed by atoms with van der Waals surface area (Å²) in [5, 5.41) is 0. The third-order valence-corrected chi connectivity index (χ3v) is 6.19. The van der Waals surface area contributed by atoms with Crippen molar-refractivity contribution in [2.75, 3.05) is 26.2 Å². The summed E-state index contributed by atoms with van der Waals surface area (Å²) < 4.78 is 6.17. The monoisotopic (exact) mass is 295 g/mol. The lowest BCUT2D eigenvalue weighted by Gasteiger charge is -2.39.